The molecule has 0 aliphatic rings. The van der Waals surface area contributed by atoms with Crippen LogP contribution in [0.4, 0.5) is 17.1 Å². The van der Waals surface area contributed by atoms with Gasteiger partial charge < -0.3 is 9.47 Å². The van der Waals surface area contributed by atoms with Crippen molar-refractivity contribution in [1.82, 2.24) is 4.57 Å². The Morgan fingerprint density at radius 1 is 0.273 bits per heavy atom. The van der Waals surface area contributed by atoms with Crippen molar-refractivity contribution >= 4 is 49.6 Å². The van der Waals surface area contributed by atoms with E-state index in [1.54, 1.807) is 0 Å². The summed E-state index contributed by atoms with van der Waals surface area (Å²) in [5.41, 5.74) is 18.5. The number of fused-ring (bicyclic) bond motifs is 4. The number of benzene rings is 11. The summed E-state index contributed by atoms with van der Waals surface area (Å²) in [6.45, 7) is 0. The molecule has 0 saturated heterocycles. The van der Waals surface area contributed by atoms with Crippen LogP contribution in [0.25, 0.3) is 93.9 Å². The fraction of sp³-hybridized carbons (Fsp3) is 0. The molecule has 0 amide bonds. The van der Waals surface area contributed by atoms with E-state index in [2.05, 4.69) is 276 Å². The Morgan fingerprint density at radius 2 is 0.758 bits per heavy atom. The van der Waals surface area contributed by atoms with Crippen LogP contribution in [0.15, 0.2) is 267 Å². The van der Waals surface area contributed by atoms with Crippen LogP contribution in [0.3, 0.4) is 0 Å². The van der Waals surface area contributed by atoms with Crippen LogP contribution in [-0.4, -0.2) is 4.57 Å². The maximum Gasteiger partial charge on any atom is 0.0561 e. The second-order valence-electron chi connectivity index (χ2n) is 16.9. The fourth-order valence-corrected chi connectivity index (χ4v) is 9.94. The van der Waals surface area contributed by atoms with Gasteiger partial charge in [0.1, 0.15) is 0 Å². The Kier molecular flexibility index (Phi) is 9.89. The standard InChI is InChI=1S/C64H44N2/c1-4-18-47(19-5-1)56-27-12-13-29-60(56)64-57(49-20-6-2-7-21-49)31-17-33-62(64)65(53-42-43-59-58-28-14-15-32-61(58)66(63(59)44-53)51-24-8-3-9-25-51)52-40-38-46(39-41-52)45-34-36-50(37-35-45)55-30-16-23-48-22-10-11-26-54(48)55/h1-44H. The predicted octanol–water partition coefficient (Wildman–Crippen LogP) is 17.7. The van der Waals surface area contributed by atoms with Crippen molar-refractivity contribution < 1.29 is 0 Å². The number of aromatic nitrogens is 1. The summed E-state index contributed by atoms with van der Waals surface area (Å²) in [7, 11) is 0. The molecule has 2 nitrogen and oxygen atoms in total. The highest BCUT2D eigenvalue weighted by Crippen LogP contribution is 2.49. The van der Waals surface area contributed by atoms with E-state index in [0.29, 0.717) is 0 Å². The summed E-state index contributed by atoms with van der Waals surface area (Å²) >= 11 is 0. The molecule has 310 valence electrons. The van der Waals surface area contributed by atoms with Gasteiger partial charge >= 0.3 is 0 Å². The lowest BCUT2D eigenvalue weighted by atomic mass is 9.87. The highest BCUT2D eigenvalue weighted by molar-refractivity contribution is 6.11. The van der Waals surface area contributed by atoms with Gasteiger partial charge in [0.25, 0.3) is 0 Å². The van der Waals surface area contributed by atoms with Gasteiger partial charge in [-0.2, -0.15) is 0 Å². The number of anilines is 3. The summed E-state index contributed by atoms with van der Waals surface area (Å²) in [6.07, 6.45) is 0. The first-order valence-electron chi connectivity index (χ1n) is 22.7. The molecule has 0 bridgehead atoms. The van der Waals surface area contributed by atoms with E-state index < -0.39 is 0 Å². The molecule has 0 aliphatic heterocycles. The van der Waals surface area contributed by atoms with Crippen molar-refractivity contribution in [2.45, 2.75) is 0 Å². The van der Waals surface area contributed by atoms with E-state index in [0.717, 1.165) is 33.8 Å². The summed E-state index contributed by atoms with van der Waals surface area (Å²) in [4.78, 5) is 2.46. The second kappa shape index (κ2) is 16.8. The van der Waals surface area contributed by atoms with Crippen molar-refractivity contribution in [1.29, 1.82) is 0 Å². The van der Waals surface area contributed by atoms with Gasteiger partial charge in [-0.3, -0.25) is 0 Å². The largest absolute Gasteiger partial charge is 0.310 e. The molecule has 0 atom stereocenters. The number of rotatable bonds is 9. The average Bonchev–Trinajstić information content (AvgIpc) is 3.73. The minimum absolute atomic E-state index is 1.07. The molecule has 12 aromatic rings. The van der Waals surface area contributed by atoms with Gasteiger partial charge in [-0.1, -0.05) is 218 Å². The van der Waals surface area contributed by atoms with E-state index in [4.69, 9.17) is 0 Å². The molecule has 1 aromatic heterocycles. The number of para-hydroxylation sites is 2. The topological polar surface area (TPSA) is 8.17 Å². The van der Waals surface area contributed by atoms with E-state index >= 15 is 0 Å². The molecule has 66 heavy (non-hydrogen) atoms. The van der Waals surface area contributed by atoms with E-state index in [1.165, 1.54) is 77.1 Å². The van der Waals surface area contributed by atoms with Crippen LogP contribution in [-0.2, 0) is 0 Å². The number of nitrogens with zero attached hydrogens (tertiary/aromatic N) is 2. The Hall–Kier alpha value is -8.72. The third kappa shape index (κ3) is 6.93. The third-order valence-electron chi connectivity index (χ3n) is 13.0. The highest BCUT2D eigenvalue weighted by Gasteiger charge is 2.24. The Morgan fingerprint density at radius 3 is 1.50 bits per heavy atom. The van der Waals surface area contributed by atoms with Crippen LogP contribution >= 0.6 is 0 Å². The Balaban J connectivity index is 1.07. The van der Waals surface area contributed by atoms with Crippen molar-refractivity contribution in [3.63, 3.8) is 0 Å². The molecule has 0 unspecified atom stereocenters. The summed E-state index contributed by atoms with van der Waals surface area (Å²) in [5, 5.41) is 4.96. The first kappa shape index (κ1) is 38.9. The predicted molar refractivity (Wildman–Crippen MR) is 280 cm³/mol. The zero-order valence-electron chi connectivity index (χ0n) is 36.3. The summed E-state index contributed by atoms with van der Waals surface area (Å²) in [6, 6.07) is 97.0. The van der Waals surface area contributed by atoms with Crippen LogP contribution in [0.2, 0.25) is 0 Å². The molecule has 0 aliphatic carbocycles. The summed E-state index contributed by atoms with van der Waals surface area (Å²) in [5.74, 6) is 0. The molecule has 2 heteroatoms. The van der Waals surface area contributed by atoms with Crippen LogP contribution in [0.1, 0.15) is 0 Å². The zero-order valence-corrected chi connectivity index (χ0v) is 36.3. The SMILES string of the molecule is c1ccc(-c2ccccc2-c2c(-c3ccccc3)cccc2N(c2ccc(-c3ccc(-c4cccc5ccccc45)cc3)cc2)c2ccc3c4ccccc4n(-c4ccccc4)c3c2)cc1. The van der Waals surface area contributed by atoms with Crippen LogP contribution < -0.4 is 4.90 Å². The van der Waals surface area contributed by atoms with E-state index in [9.17, 15) is 0 Å². The molecule has 0 radical (unpaired) electrons. The average molecular weight is 841 g/mol. The smallest absolute Gasteiger partial charge is 0.0561 e. The van der Waals surface area contributed by atoms with Crippen molar-refractivity contribution in [3.8, 4) is 61.3 Å². The van der Waals surface area contributed by atoms with Gasteiger partial charge in [-0.25, -0.2) is 0 Å². The lowest BCUT2D eigenvalue weighted by molar-refractivity contribution is 1.18. The molecule has 0 saturated carbocycles. The Labute approximate surface area is 385 Å². The highest BCUT2D eigenvalue weighted by atomic mass is 15.1. The molecular formula is C64H44N2. The van der Waals surface area contributed by atoms with Gasteiger partial charge in [0.05, 0.1) is 16.7 Å². The van der Waals surface area contributed by atoms with Crippen LogP contribution in [0.5, 0.6) is 0 Å². The van der Waals surface area contributed by atoms with Gasteiger partial charge in [0, 0.05) is 33.4 Å². The molecule has 0 spiro atoms. The number of hydrogen-bond donors (Lipinski definition) is 0. The minimum Gasteiger partial charge on any atom is -0.310 e. The zero-order chi connectivity index (χ0) is 43.8. The molecular weight excluding hydrogens is 797 g/mol. The van der Waals surface area contributed by atoms with Gasteiger partial charge in [0.15, 0.2) is 0 Å². The molecule has 0 fully saturated rings. The van der Waals surface area contributed by atoms with E-state index in [1.807, 2.05) is 0 Å². The molecule has 0 N–H and O–H groups in total. The molecule has 12 rings (SSSR count). The lowest BCUT2D eigenvalue weighted by Crippen LogP contribution is -2.12. The summed E-state index contributed by atoms with van der Waals surface area (Å²) < 4.78 is 2.41. The lowest BCUT2D eigenvalue weighted by Gasteiger charge is -2.30. The maximum atomic E-state index is 2.46. The van der Waals surface area contributed by atoms with E-state index in [-0.39, 0.29) is 0 Å². The number of hydrogen-bond acceptors (Lipinski definition) is 1. The first-order chi connectivity index (χ1) is 32.8. The van der Waals surface area contributed by atoms with Gasteiger partial charge in [-0.05, 0) is 109 Å². The monoisotopic (exact) mass is 840 g/mol. The molecule has 1 heterocycles. The van der Waals surface area contributed by atoms with Crippen molar-refractivity contribution in [2.75, 3.05) is 4.90 Å². The van der Waals surface area contributed by atoms with Crippen molar-refractivity contribution in [2.24, 2.45) is 0 Å². The van der Waals surface area contributed by atoms with Crippen molar-refractivity contribution in [3.05, 3.63) is 267 Å². The normalized spacial score (nSPS) is 11.3. The maximum absolute atomic E-state index is 2.46. The van der Waals surface area contributed by atoms with Crippen LogP contribution in [0, 0.1) is 0 Å². The quantitative estimate of drug-likeness (QED) is 0.141. The van der Waals surface area contributed by atoms with Gasteiger partial charge in [0.2, 0.25) is 0 Å². The first-order valence-corrected chi connectivity index (χ1v) is 22.7. The second-order valence-corrected chi connectivity index (χ2v) is 16.9. The van der Waals surface area contributed by atoms with Gasteiger partial charge in [-0.15, -0.1) is 0 Å². The molecule has 11 aromatic carbocycles. The Bertz CT molecular complexity index is 3660. The minimum atomic E-state index is 1.07. The third-order valence-corrected chi connectivity index (χ3v) is 13.0. The fourth-order valence-electron chi connectivity index (χ4n) is 9.94.